The lowest BCUT2D eigenvalue weighted by Crippen LogP contribution is -2.35. The monoisotopic (exact) mass is 527 g/mol. The minimum absolute atomic E-state index is 0.0775. The minimum atomic E-state index is -4.08. The van der Waals surface area contributed by atoms with E-state index in [1.54, 1.807) is 59.6 Å². The van der Waals surface area contributed by atoms with Gasteiger partial charge in [0.15, 0.2) is 5.65 Å². The van der Waals surface area contributed by atoms with Crippen LogP contribution in [-0.4, -0.2) is 41.9 Å². The number of benzene rings is 1. The fourth-order valence-electron chi connectivity index (χ4n) is 5.35. The standard InChI is InChI=1S/C28H25N5O4S/c1-18-3-7-21(8-4-18)38(35,36)33-24(19-9-12-30-25(15-19)37-2)16-22-23(10-13-31-26(22)33)32-14-11-28(17-29,27(32)34)20-5-6-20/h3-4,7-10,12-13,15-16,20H,5-6,11,14H2,1-2H3/t28-/m0/s1. The summed E-state index contributed by atoms with van der Waals surface area (Å²) in [7, 11) is -2.59. The van der Waals surface area contributed by atoms with Crippen molar-refractivity contribution >= 4 is 32.7 Å². The number of carbonyl (C=O) groups excluding carboxylic acids is 1. The Morgan fingerprint density at radius 3 is 2.50 bits per heavy atom. The number of rotatable bonds is 6. The van der Waals surface area contributed by atoms with E-state index < -0.39 is 15.4 Å². The van der Waals surface area contributed by atoms with Crippen LogP contribution in [0.25, 0.3) is 22.3 Å². The third-order valence-electron chi connectivity index (χ3n) is 7.56. The van der Waals surface area contributed by atoms with Crippen molar-refractivity contribution in [1.29, 1.82) is 5.26 Å². The van der Waals surface area contributed by atoms with Gasteiger partial charge in [-0.2, -0.15) is 5.26 Å². The number of hydrogen-bond donors (Lipinski definition) is 0. The van der Waals surface area contributed by atoms with Gasteiger partial charge in [0.05, 0.1) is 29.5 Å². The number of pyridine rings is 2. The van der Waals surface area contributed by atoms with Gasteiger partial charge >= 0.3 is 0 Å². The Morgan fingerprint density at radius 1 is 1.08 bits per heavy atom. The summed E-state index contributed by atoms with van der Waals surface area (Å²) in [6, 6.07) is 15.7. The van der Waals surface area contributed by atoms with Crippen molar-refractivity contribution in [1.82, 2.24) is 13.9 Å². The first-order valence-corrected chi connectivity index (χ1v) is 13.8. The zero-order chi connectivity index (χ0) is 26.7. The third-order valence-corrected chi connectivity index (χ3v) is 9.28. The van der Waals surface area contributed by atoms with Gasteiger partial charge in [0.2, 0.25) is 11.8 Å². The second-order valence-electron chi connectivity index (χ2n) is 9.83. The molecule has 0 bridgehead atoms. The van der Waals surface area contributed by atoms with E-state index in [4.69, 9.17) is 4.74 Å². The zero-order valence-corrected chi connectivity index (χ0v) is 21.8. The highest BCUT2D eigenvalue weighted by molar-refractivity contribution is 7.90. The van der Waals surface area contributed by atoms with Gasteiger partial charge in [-0.3, -0.25) is 4.79 Å². The van der Waals surface area contributed by atoms with Crippen molar-refractivity contribution < 1.29 is 17.9 Å². The van der Waals surface area contributed by atoms with Gasteiger partial charge < -0.3 is 9.64 Å². The summed E-state index contributed by atoms with van der Waals surface area (Å²) in [5.74, 6) is 0.183. The van der Waals surface area contributed by atoms with E-state index in [1.165, 1.54) is 17.3 Å². The fraction of sp³-hybridized carbons (Fsp3) is 0.286. The van der Waals surface area contributed by atoms with E-state index in [2.05, 4.69) is 16.0 Å². The van der Waals surface area contributed by atoms with Crippen molar-refractivity contribution in [2.75, 3.05) is 18.6 Å². The lowest BCUT2D eigenvalue weighted by Gasteiger charge is -2.21. The van der Waals surface area contributed by atoms with Crippen LogP contribution in [0.4, 0.5) is 5.69 Å². The van der Waals surface area contributed by atoms with Crippen LogP contribution in [0.15, 0.2) is 65.8 Å². The van der Waals surface area contributed by atoms with Crippen LogP contribution in [0.2, 0.25) is 0 Å². The largest absolute Gasteiger partial charge is 0.481 e. The molecule has 0 N–H and O–H groups in total. The van der Waals surface area contributed by atoms with Crippen LogP contribution < -0.4 is 9.64 Å². The second kappa shape index (κ2) is 8.67. The van der Waals surface area contributed by atoms with E-state index in [9.17, 15) is 18.5 Å². The molecule has 1 amide bonds. The molecule has 192 valence electrons. The quantitative estimate of drug-likeness (QED) is 0.367. The number of carbonyl (C=O) groups is 1. The number of aryl methyl sites for hydroxylation is 1. The van der Waals surface area contributed by atoms with E-state index in [0.717, 1.165) is 18.4 Å². The maximum atomic E-state index is 14.1. The van der Waals surface area contributed by atoms with E-state index >= 15 is 0 Å². The average molecular weight is 528 g/mol. The SMILES string of the molecule is COc1cc(-c2cc3c(N4CC[C@](C#N)(C5CC5)C4=O)ccnc3n2S(=O)(=O)c2ccc(C)cc2)ccn1. The van der Waals surface area contributed by atoms with E-state index in [1.807, 2.05) is 6.92 Å². The number of ether oxygens (including phenoxy) is 1. The Morgan fingerprint density at radius 2 is 1.82 bits per heavy atom. The topological polar surface area (TPSA) is 118 Å². The number of anilines is 1. The minimum Gasteiger partial charge on any atom is -0.481 e. The summed E-state index contributed by atoms with van der Waals surface area (Å²) in [5.41, 5.74) is 1.58. The molecule has 0 spiro atoms. The molecule has 3 aromatic heterocycles. The molecule has 9 nitrogen and oxygen atoms in total. The predicted octanol–water partition coefficient (Wildman–Crippen LogP) is 4.31. The summed E-state index contributed by atoms with van der Waals surface area (Å²) in [5, 5.41) is 10.5. The van der Waals surface area contributed by atoms with Crippen LogP contribution >= 0.6 is 0 Å². The van der Waals surface area contributed by atoms with Crippen LogP contribution in [-0.2, 0) is 14.8 Å². The molecule has 10 heteroatoms. The smallest absolute Gasteiger partial charge is 0.269 e. The number of nitrogens with zero attached hydrogens (tertiary/aromatic N) is 5. The van der Waals surface area contributed by atoms with E-state index in [0.29, 0.717) is 41.2 Å². The van der Waals surface area contributed by atoms with Gasteiger partial charge in [0, 0.05) is 36.0 Å². The first-order chi connectivity index (χ1) is 18.3. The molecule has 0 unspecified atom stereocenters. The normalized spacial score (nSPS) is 19.6. The van der Waals surface area contributed by atoms with Gasteiger partial charge in [0.1, 0.15) is 5.41 Å². The van der Waals surface area contributed by atoms with Crippen LogP contribution in [0, 0.1) is 29.6 Å². The molecule has 1 saturated heterocycles. The maximum absolute atomic E-state index is 14.1. The van der Waals surface area contributed by atoms with Gasteiger partial charge in [-0.05, 0) is 62.4 Å². The molecule has 4 aromatic rings. The Kier molecular flexibility index (Phi) is 5.50. The van der Waals surface area contributed by atoms with Crippen LogP contribution in [0.5, 0.6) is 5.88 Å². The van der Waals surface area contributed by atoms with Gasteiger partial charge in [-0.25, -0.2) is 22.4 Å². The molecule has 2 aliphatic rings. The molecular formula is C28H25N5O4S. The van der Waals surface area contributed by atoms with Gasteiger partial charge in [0.25, 0.3) is 10.0 Å². The lowest BCUT2D eigenvalue weighted by atomic mass is 9.83. The molecule has 1 aromatic carbocycles. The van der Waals surface area contributed by atoms with Crippen molar-refractivity contribution in [3.63, 3.8) is 0 Å². The summed E-state index contributed by atoms with van der Waals surface area (Å²) < 4.78 is 34.6. The molecule has 1 aliphatic carbocycles. The highest BCUT2D eigenvalue weighted by Crippen LogP contribution is 2.52. The molecular weight excluding hydrogens is 502 g/mol. The van der Waals surface area contributed by atoms with Gasteiger partial charge in [-0.1, -0.05) is 17.7 Å². The zero-order valence-electron chi connectivity index (χ0n) is 21.0. The maximum Gasteiger partial charge on any atom is 0.269 e. The number of hydrogen-bond acceptors (Lipinski definition) is 7. The van der Waals surface area contributed by atoms with Gasteiger partial charge in [-0.15, -0.1) is 0 Å². The molecule has 0 radical (unpaired) electrons. The van der Waals surface area contributed by atoms with Crippen LogP contribution in [0.1, 0.15) is 24.8 Å². The number of aromatic nitrogens is 3. The molecule has 38 heavy (non-hydrogen) atoms. The summed E-state index contributed by atoms with van der Waals surface area (Å²) >= 11 is 0. The average Bonchev–Trinajstić information content (AvgIpc) is 3.62. The van der Waals surface area contributed by atoms with Crippen molar-refractivity contribution in [3.8, 4) is 23.2 Å². The molecule has 6 rings (SSSR count). The first-order valence-electron chi connectivity index (χ1n) is 12.4. The Hall–Kier alpha value is -4.23. The number of amides is 1. The first kappa shape index (κ1) is 24.1. The Bertz CT molecular complexity index is 1740. The summed E-state index contributed by atoms with van der Waals surface area (Å²) in [4.78, 5) is 24.0. The molecule has 1 atom stereocenters. The number of methoxy groups -OCH3 is 1. The number of nitriles is 1. The summed E-state index contributed by atoms with van der Waals surface area (Å²) in [6.07, 6.45) is 5.25. The molecule has 2 fully saturated rings. The Balaban J connectivity index is 1.59. The third kappa shape index (κ3) is 3.57. The molecule has 1 saturated carbocycles. The fourth-order valence-corrected chi connectivity index (χ4v) is 6.84. The molecule has 1 aliphatic heterocycles. The lowest BCUT2D eigenvalue weighted by molar-refractivity contribution is -0.123. The van der Waals surface area contributed by atoms with Crippen molar-refractivity contribution in [2.45, 2.75) is 31.1 Å². The van der Waals surface area contributed by atoms with Crippen molar-refractivity contribution in [2.24, 2.45) is 11.3 Å². The van der Waals surface area contributed by atoms with Crippen LogP contribution in [0.3, 0.4) is 0 Å². The second-order valence-corrected chi connectivity index (χ2v) is 11.6. The highest BCUT2D eigenvalue weighted by atomic mass is 32.2. The predicted molar refractivity (Wildman–Crippen MR) is 141 cm³/mol. The molecule has 4 heterocycles. The summed E-state index contributed by atoms with van der Waals surface area (Å²) in [6.45, 7) is 2.27. The Labute approximate surface area is 220 Å². The van der Waals surface area contributed by atoms with E-state index in [-0.39, 0.29) is 22.4 Å². The number of fused-ring (bicyclic) bond motifs is 1. The van der Waals surface area contributed by atoms with Crippen molar-refractivity contribution in [3.05, 3.63) is 66.5 Å². The highest BCUT2D eigenvalue weighted by Gasteiger charge is 2.57.